The Labute approximate surface area is 163 Å². The zero-order valence-corrected chi connectivity index (χ0v) is 15.7. The molecule has 0 aliphatic rings. The lowest BCUT2D eigenvalue weighted by molar-refractivity contribution is -0.384. The number of nitrogens with zero attached hydrogens (tertiary/aromatic N) is 7. The van der Waals surface area contributed by atoms with E-state index in [0.717, 1.165) is 5.56 Å². The summed E-state index contributed by atoms with van der Waals surface area (Å²) in [4.78, 5) is 10.8. The Morgan fingerprint density at radius 2 is 1.96 bits per heavy atom. The van der Waals surface area contributed by atoms with Crippen LogP contribution in [-0.2, 0) is 13.1 Å². The van der Waals surface area contributed by atoms with Gasteiger partial charge in [-0.15, -0.1) is 10.2 Å². The maximum absolute atomic E-state index is 11.3. The lowest BCUT2D eigenvalue weighted by Gasteiger charge is -2.01. The predicted molar refractivity (Wildman–Crippen MR) is 105 cm³/mol. The van der Waals surface area contributed by atoms with Gasteiger partial charge < -0.3 is 5.32 Å². The first-order valence-electron chi connectivity index (χ1n) is 8.52. The molecule has 28 heavy (non-hydrogen) atoms. The zero-order valence-electron chi connectivity index (χ0n) is 14.9. The standard InChI is InChI=1S/C17H16N8O2S/c1-2-23-11-13(25(26)27)15(22-23)16-19-20-17(28-16)18-14-8-9-24(21-14)10-12-6-4-3-5-7-12/h3-9,11H,2,10H2,1H3,(H,18,20,21). The number of aryl methyl sites for hydroxylation is 1. The molecular formula is C17H16N8O2S. The molecule has 0 aliphatic heterocycles. The second-order valence-electron chi connectivity index (χ2n) is 5.90. The van der Waals surface area contributed by atoms with E-state index in [1.54, 1.807) is 0 Å². The molecule has 0 unspecified atom stereocenters. The highest BCUT2D eigenvalue weighted by Crippen LogP contribution is 2.32. The van der Waals surface area contributed by atoms with Gasteiger partial charge in [0, 0.05) is 18.8 Å². The molecule has 0 bridgehead atoms. The highest BCUT2D eigenvalue weighted by molar-refractivity contribution is 7.18. The minimum atomic E-state index is -0.464. The van der Waals surface area contributed by atoms with Gasteiger partial charge in [-0.25, -0.2) is 0 Å². The smallest absolute Gasteiger partial charge is 0.313 e. The van der Waals surface area contributed by atoms with Crippen LogP contribution in [0.1, 0.15) is 12.5 Å². The summed E-state index contributed by atoms with van der Waals surface area (Å²) in [7, 11) is 0. The summed E-state index contributed by atoms with van der Waals surface area (Å²) in [6.45, 7) is 3.05. The largest absolute Gasteiger partial charge is 0.317 e. The Bertz CT molecular complexity index is 1100. The van der Waals surface area contributed by atoms with Crippen LogP contribution in [0.4, 0.5) is 16.6 Å². The van der Waals surface area contributed by atoms with Crippen LogP contribution < -0.4 is 5.32 Å². The molecule has 4 aromatic rings. The van der Waals surface area contributed by atoms with E-state index in [2.05, 4.69) is 25.7 Å². The molecule has 11 heteroatoms. The van der Waals surface area contributed by atoms with E-state index in [9.17, 15) is 10.1 Å². The molecule has 10 nitrogen and oxygen atoms in total. The van der Waals surface area contributed by atoms with Gasteiger partial charge in [-0.2, -0.15) is 10.2 Å². The van der Waals surface area contributed by atoms with Gasteiger partial charge in [0.2, 0.25) is 10.8 Å². The quantitative estimate of drug-likeness (QED) is 0.376. The van der Waals surface area contributed by atoms with Gasteiger partial charge in [0.1, 0.15) is 6.20 Å². The Kier molecular flexibility index (Phi) is 4.81. The van der Waals surface area contributed by atoms with Crippen molar-refractivity contribution in [2.24, 2.45) is 0 Å². The fourth-order valence-corrected chi connectivity index (χ4v) is 3.37. The average Bonchev–Trinajstić information content (AvgIpc) is 3.42. The highest BCUT2D eigenvalue weighted by atomic mass is 32.1. The summed E-state index contributed by atoms with van der Waals surface area (Å²) in [5, 5.41) is 32.0. The van der Waals surface area contributed by atoms with Crippen molar-refractivity contribution in [2.75, 3.05) is 5.32 Å². The van der Waals surface area contributed by atoms with Crippen LogP contribution in [0.2, 0.25) is 0 Å². The van der Waals surface area contributed by atoms with Crippen molar-refractivity contribution < 1.29 is 4.92 Å². The fraction of sp³-hybridized carbons (Fsp3) is 0.176. The van der Waals surface area contributed by atoms with Gasteiger partial charge in [0.05, 0.1) is 11.5 Å². The molecule has 1 N–H and O–H groups in total. The molecule has 0 spiro atoms. The van der Waals surface area contributed by atoms with E-state index in [-0.39, 0.29) is 11.4 Å². The fourth-order valence-electron chi connectivity index (χ4n) is 2.62. The molecule has 0 atom stereocenters. The molecule has 0 aliphatic carbocycles. The SMILES string of the molecule is CCn1cc([N+](=O)[O-])c(-c2nnc(Nc3ccn(Cc4ccccc4)n3)s2)n1. The number of rotatable bonds is 7. The van der Waals surface area contributed by atoms with Crippen LogP contribution >= 0.6 is 11.3 Å². The summed E-state index contributed by atoms with van der Waals surface area (Å²) < 4.78 is 3.32. The van der Waals surface area contributed by atoms with E-state index >= 15 is 0 Å². The van der Waals surface area contributed by atoms with Crippen LogP contribution in [0.3, 0.4) is 0 Å². The molecule has 4 rings (SSSR count). The maximum Gasteiger partial charge on any atom is 0.317 e. The second kappa shape index (κ2) is 7.56. The van der Waals surface area contributed by atoms with Crippen molar-refractivity contribution in [2.45, 2.75) is 20.0 Å². The number of nitrogens with one attached hydrogen (secondary N) is 1. The van der Waals surface area contributed by atoms with Crippen molar-refractivity contribution in [1.82, 2.24) is 29.8 Å². The molecule has 3 aromatic heterocycles. The first-order chi connectivity index (χ1) is 13.6. The van der Waals surface area contributed by atoms with Gasteiger partial charge in [0.25, 0.3) is 0 Å². The van der Waals surface area contributed by atoms with Gasteiger partial charge in [-0.3, -0.25) is 19.5 Å². The van der Waals surface area contributed by atoms with Crippen LogP contribution in [-0.4, -0.2) is 34.7 Å². The summed E-state index contributed by atoms with van der Waals surface area (Å²) in [6, 6.07) is 11.8. The second-order valence-corrected chi connectivity index (χ2v) is 6.87. The summed E-state index contributed by atoms with van der Waals surface area (Å²) >= 11 is 1.19. The number of anilines is 2. The molecule has 0 fully saturated rings. The number of hydrogen-bond acceptors (Lipinski definition) is 8. The van der Waals surface area contributed by atoms with Crippen molar-refractivity contribution in [3.05, 3.63) is 64.5 Å². The zero-order chi connectivity index (χ0) is 19.5. The summed E-state index contributed by atoms with van der Waals surface area (Å²) in [6.07, 6.45) is 3.26. The van der Waals surface area contributed by atoms with E-state index in [1.807, 2.05) is 54.2 Å². The number of nitro groups is 1. The van der Waals surface area contributed by atoms with E-state index < -0.39 is 4.92 Å². The average molecular weight is 396 g/mol. The van der Waals surface area contributed by atoms with E-state index in [1.165, 1.54) is 22.2 Å². The first kappa shape index (κ1) is 17.8. The molecule has 0 radical (unpaired) electrons. The molecule has 3 heterocycles. The van der Waals surface area contributed by atoms with Crippen LogP contribution in [0.25, 0.3) is 10.7 Å². The third-order valence-corrected chi connectivity index (χ3v) is 4.80. The third kappa shape index (κ3) is 3.74. The highest BCUT2D eigenvalue weighted by Gasteiger charge is 2.24. The molecule has 0 amide bonds. The first-order valence-corrected chi connectivity index (χ1v) is 9.34. The van der Waals surface area contributed by atoms with Gasteiger partial charge in [-0.1, -0.05) is 41.7 Å². The van der Waals surface area contributed by atoms with Crippen molar-refractivity contribution in [3.8, 4) is 10.7 Å². The number of aromatic nitrogens is 6. The monoisotopic (exact) mass is 396 g/mol. The summed E-state index contributed by atoms with van der Waals surface area (Å²) in [5.41, 5.74) is 1.28. The predicted octanol–water partition coefficient (Wildman–Crippen LogP) is 3.32. The third-order valence-electron chi connectivity index (χ3n) is 3.95. The number of benzene rings is 1. The lowest BCUT2D eigenvalue weighted by Crippen LogP contribution is -2.01. The molecule has 0 saturated carbocycles. The minimum Gasteiger partial charge on any atom is -0.313 e. The lowest BCUT2D eigenvalue weighted by atomic mass is 10.2. The minimum absolute atomic E-state index is 0.0864. The number of hydrogen-bond donors (Lipinski definition) is 1. The Morgan fingerprint density at radius 3 is 2.71 bits per heavy atom. The van der Waals surface area contributed by atoms with Crippen molar-refractivity contribution in [1.29, 1.82) is 0 Å². The maximum atomic E-state index is 11.3. The van der Waals surface area contributed by atoms with Crippen LogP contribution in [0, 0.1) is 10.1 Å². The summed E-state index contributed by atoms with van der Waals surface area (Å²) in [5.74, 6) is 0.618. The van der Waals surface area contributed by atoms with Crippen LogP contribution in [0.15, 0.2) is 48.8 Å². The van der Waals surface area contributed by atoms with Gasteiger partial charge in [-0.05, 0) is 12.5 Å². The van der Waals surface area contributed by atoms with E-state index in [0.29, 0.717) is 29.0 Å². The van der Waals surface area contributed by atoms with Crippen molar-refractivity contribution >= 4 is 28.0 Å². The molecule has 1 aromatic carbocycles. The molecule has 142 valence electrons. The topological polar surface area (TPSA) is 117 Å². The molecular weight excluding hydrogens is 380 g/mol. The van der Waals surface area contributed by atoms with E-state index in [4.69, 9.17) is 0 Å². The Hall–Kier alpha value is -3.60. The Morgan fingerprint density at radius 1 is 1.14 bits per heavy atom. The van der Waals surface area contributed by atoms with Gasteiger partial charge >= 0.3 is 5.69 Å². The molecule has 0 saturated heterocycles. The van der Waals surface area contributed by atoms with Crippen molar-refractivity contribution in [3.63, 3.8) is 0 Å². The Balaban J connectivity index is 1.50. The normalized spacial score (nSPS) is 10.9. The van der Waals surface area contributed by atoms with Gasteiger partial charge in [0.15, 0.2) is 10.8 Å². The van der Waals surface area contributed by atoms with Crippen LogP contribution in [0.5, 0.6) is 0 Å².